The van der Waals surface area contributed by atoms with Gasteiger partial charge in [0.2, 0.25) is 10.0 Å². The predicted octanol–water partition coefficient (Wildman–Crippen LogP) is 2.18. The molecular weight excluding hydrogens is 290 g/mol. The third-order valence-corrected chi connectivity index (χ3v) is 4.41. The van der Waals surface area contributed by atoms with Crippen molar-refractivity contribution in [2.24, 2.45) is 0 Å². The van der Waals surface area contributed by atoms with Crippen LogP contribution in [0.25, 0.3) is 0 Å². The van der Waals surface area contributed by atoms with Crippen LogP contribution in [0.1, 0.15) is 5.56 Å². The van der Waals surface area contributed by atoms with Crippen LogP contribution in [-0.4, -0.2) is 22.6 Å². The van der Waals surface area contributed by atoms with Gasteiger partial charge in [-0.25, -0.2) is 13.1 Å². The summed E-state index contributed by atoms with van der Waals surface area (Å²) in [6.45, 7) is 0.221. The van der Waals surface area contributed by atoms with Crippen molar-refractivity contribution in [3.8, 4) is 11.5 Å². The van der Waals surface area contributed by atoms with Gasteiger partial charge >= 0.3 is 0 Å². The van der Waals surface area contributed by atoms with Gasteiger partial charge in [-0.1, -0.05) is 30.3 Å². The first-order valence-electron chi connectivity index (χ1n) is 6.32. The number of benzene rings is 2. The van der Waals surface area contributed by atoms with Crippen molar-refractivity contribution in [3.63, 3.8) is 0 Å². The SMILES string of the molecule is COc1ccc(S(=O)(=O)NCc2ccccc2)c(OC)c1. The largest absolute Gasteiger partial charge is 0.497 e. The van der Waals surface area contributed by atoms with E-state index in [0.717, 1.165) is 5.56 Å². The quantitative estimate of drug-likeness (QED) is 0.888. The highest BCUT2D eigenvalue weighted by Crippen LogP contribution is 2.28. The number of nitrogens with one attached hydrogen (secondary N) is 1. The molecule has 2 rings (SSSR count). The molecule has 2 aromatic rings. The van der Waals surface area contributed by atoms with Gasteiger partial charge in [-0.2, -0.15) is 0 Å². The maximum absolute atomic E-state index is 12.4. The second-order valence-electron chi connectivity index (χ2n) is 4.33. The van der Waals surface area contributed by atoms with E-state index in [1.165, 1.54) is 26.4 Å². The van der Waals surface area contributed by atoms with Crippen molar-refractivity contribution >= 4 is 10.0 Å². The molecule has 0 bridgehead atoms. The van der Waals surface area contributed by atoms with Crippen molar-refractivity contribution in [2.75, 3.05) is 14.2 Å². The molecule has 5 nitrogen and oxygen atoms in total. The van der Waals surface area contributed by atoms with E-state index in [1.807, 2.05) is 30.3 Å². The Kier molecular flexibility index (Phi) is 4.82. The number of hydrogen-bond acceptors (Lipinski definition) is 4. The Labute approximate surface area is 124 Å². The smallest absolute Gasteiger partial charge is 0.244 e. The highest BCUT2D eigenvalue weighted by Gasteiger charge is 2.19. The topological polar surface area (TPSA) is 64.6 Å². The van der Waals surface area contributed by atoms with Gasteiger partial charge in [-0.05, 0) is 17.7 Å². The molecule has 0 aliphatic rings. The van der Waals surface area contributed by atoms with E-state index in [2.05, 4.69) is 4.72 Å². The highest BCUT2D eigenvalue weighted by molar-refractivity contribution is 7.89. The van der Waals surface area contributed by atoms with E-state index < -0.39 is 10.0 Å². The molecule has 0 radical (unpaired) electrons. The van der Waals surface area contributed by atoms with E-state index in [9.17, 15) is 8.42 Å². The van der Waals surface area contributed by atoms with Gasteiger partial charge in [0.1, 0.15) is 16.4 Å². The molecule has 0 aliphatic heterocycles. The summed E-state index contributed by atoms with van der Waals surface area (Å²) in [4.78, 5) is 0.0849. The molecule has 0 amide bonds. The van der Waals surface area contributed by atoms with Crippen LogP contribution in [0.5, 0.6) is 11.5 Å². The number of ether oxygens (including phenoxy) is 2. The van der Waals surface area contributed by atoms with Crippen LogP contribution >= 0.6 is 0 Å². The average molecular weight is 307 g/mol. The molecule has 6 heteroatoms. The summed E-state index contributed by atoms with van der Waals surface area (Å²) in [5, 5.41) is 0. The molecule has 2 aromatic carbocycles. The summed E-state index contributed by atoms with van der Waals surface area (Å²) >= 11 is 0. The first-order chi connectivity index (χ1) is 10.1. The second-order valence-corrected chi connectivity index (χ2v) is 6.06. The Morgan fingerprint density at radius 2 is 1.71 bits per heavy atom. The molecule has 0 aromatic heterocycles. The van der Waals surface area contributed by atoms with Gasteiger partial charge in [-0.3, -0.25) is 0 Å². The molecule has 112 valence electrons. The first kappa shape index (κ1) is 15.3. The number of rotatable bonds is 6. The number of sulfonamides is 1. The Hall–Kier alpha value is -2.05. The summed E-state index contributed by atoms with van der Waals surface area (Å²) in [5.41, 5.74) is 0.883. The minimum absolute atomic E-state index is 0.0849. The van der Waals surface area contributed by atoms with Crippen molar-refractivity contribution in [2.45, 2.75) is 11.4 Å². The molecule has 0 heterocycles. The van der Waals surface area contributed by atoms with Crippen molar-refractivity contribution in [3.05, 3.63) is 54.1 Å². The molecule has 0 saturated heterocycles. The summed E-state index contributed by atoms with van der Waals surface area (Å²) in [7, 11) is -0.725. The molecule has 0 fully saturated rings. The average Bonchev–Trinajstić information content (AvgIpc) is 2.53. The standard InChI is InChI=1S/C15H17NO4S/c1-19-13-8-9-15(14(10-13)20-2)21(17,18)16-11-12-6-4-3-5-7-12/h3-10,16H,11H2,1-2H3. The normalized spacial score (nSPS) is 11.1. The van der Waals surface area contributed by atoms with Crippen LogP contribution in [0.2, 0.25) is 0 Å². The van der Waals surface area contributed by atoms with E-state index in [-0.39, 0.29) is 17.2 Å². The van der Waals surface area contributed by atoms with Crippen LogP contribution in [0.3, 0.4) is 0 Å². The van der Waals surface area contributed by atoms with Gasteiger partial charge in [0.05, 0.1) is 14.2 Å². The van der Waals surface area contributed by atoms with E-state index in [0.29, 0.717) is 5.75 Å². The van der Waals surface area contributed by atoms with Gasteiger partial charge in [0, 0.05) is 12.6 Å². The molecular formula is C15H17NO4S. The fourth-order valence-corrected chi connectivity index (χ4v) is 3.02. The second kappa shape index (κ2) is 6.60. The van der Waals surface area contributed by atoms with Crippen LogP contribution in [0.4, 0.5) is 0 Å². The number of methoxy groups -OCH3 is 2. The molecule has 0 saturated carbocycles. The molecule has 0 unspecified atom stereocenters. The third-order valence-electron chi connectivity index (χ3n) is 2.97. The lowest BCUT2D eigenvalue weighted by Crippen LogP contribution is -2.23. The maximum atomic E-state index is 12.4. The van der Waals surface area contributed by atoms with Gasteiger partial charge < -0.3 is 9.47 Å². The number of hydrogen-bond donors (Lipinski definition) is 1. The molecule has 0 atom stereocenters. The first-order valence-corrected chi connectivity index (χ1v) is 7.81. The highest BCUT2D eigenvalue weighted by atomic mass is 32.2. The van der Waals surface area contributed by atoms with E-state index >= 15 is 0 Å². The third kappa shape index (κ3) is 3.74. The van der Waals surface area contributed by atoms with Crippen molar-refractivity contribution in [1.82, 2.24) is 4.72 Å². The molecule has 1 N–H and O–H groups in total. The van der Waals surface area contributed by atoms with Crippen molar-refractivity contribution < 1.29 is 17.9 Å². The van der Waals surface area contributed by atoms with Crippen LogP contribution in [-0.2, 0) is 16.6 Å². The lowest BCUT2D eigenvalue weighted by Gasteiger charge is -2.12. The summed E-state index contributed by atoms with van der Waals surface area (Å²) in [6.07, 6.45) is 0. The Balaban J connectivity index is 2.23. The lowest BCUT2D eigenvalue weighted by molar-refractivity contribution is 0.386. The molecule has 0 aliphatic carbocycles. The van der Waals surface area contributed by atoms with Crippen LogP contribution in [0.15, 0.2) is 53.4 Å². The zero-order valence-corrected chi connectivity index (χ0v) is 12.7. The monoisotopic (exact) mass is 307 g/mol. The zero-order valence-electron chi connectivity index (χ0n) is 11.9. The minimum atomic E-state index is -3.66. The van der Waals surface area contributed by atoms with Crippen LogP contribution < -0.4 is 14.2 Å². The summed E-state index contributed by atoms with van der Waals surface area (Å²) in [5.74, 6) is 0.781. The zero-order chi connectivity index (χ0) is 15.3. The Morgan fingerprint density at radius 3 is 2.33 bits per heavy atom. The van der Waals surface area contributed by atoms with E-state index in [4.69, 9.17) is 9.47 Å². The molecule has 0 spiro atoms. The van der Waals surface area contributed by atoms with E-state index in [1.54, 1.807) is 6.07 Å². The minimum Gasteiger partial charge on any atom is -0.497 e. The fourth-order valence-electron chi connectivity index (χ4n) is 1.85. The van der Waals surface area contributed by atoms with Crippen molar-refractivity contribution in [1.29, 1.82) is 0 Å². The summed E-state index contributed by atoms with van der Waals surface area (Å²) < 4.78 is 37.4. The lowest BCUT2D eigenvalue weighted by atomic mass is 10.2. The van der Waals surface area contributed by atoms with Gasteiger partial charge in [0.25, 0.3) is 0 Å². The van der Waals surface area contributed by atoms with Crippen LogP contribution in [0, 0.1) is 0 Å². The molecule has 21 heavy (non-hydrogen) atoms. The Morgan fingerprint density at radius 1 is 1.00 bits per heavy atom. The Bertz CT molecular complexity index is 699. The predicted molar refractivity (Wildman–Crippen MR) is 80.0 cm³/mol. The van der Waals surface area contributed by atoms with Gasteiger partial charge in [-0.15, -0.1) is 0 Å². The maximum Gasteiger partial charge on any atom is 0.244 e. The summed E-state index contributed by atoms with van der Waals surface area (Å²) in [6, 6.07) is 13.9. The fraction of sp³-hybridized carbons (Fsp3) is 0.200. The van der Waals surface area contributed by atoms with Gasteiger partial charge in [0.15, 0.2) is 0 Å².